The number of rotatable bonds is 4. The van der Waals surface area contributed by atoms with Gasteiger partial charge in [-0.15, -0.1) is 0 Å². The normalized spacial score (nSPS) is 13.7. The van der Waals surface area contributed by atoms with Crippen LogP contribution < -0.4 is 15.0 Å². The van der Waals surface area contributed by atoms with Crippen molar-refractivity contribution < 1.29 is 19.2 Å². The number of anilines is 2. The lowest BCUT2D eigenvalue weighted by Gasteiger charge is -2.35. The van der Waals surface area contributed by atoms with Gasteiger partial charge < -0.3 is 19.9 Å². The Bertz CT molecular complexity index is 938. The molecule has 1 N–H and O–H groups in total. The van der Waals surface area contributed by atoms with Gasteiger partial charge >= 0.3 is 11.8 Å². The molecule has 1 saturated heterocycles. The van der Waals surface area contributed by atoms with Crippen molar-refractivity contribution in [3.8, 4) is 5.75 Å². The van der Waals surface area contributed by atoms with E-state index in [1.165, 1.54) is 30.2 Å². The molecule has 1 heterocycles. The lowest BCUT2D eigenvalue weighted by molar-refractivity contribution is -0.384. The number of nitro benzene ring substituents is 1. The Kier molecular flexibility index (Phi) is 5.96. The molecule has 1 aliphatic rings. The number of nitro groups is 1. The summed E-state index contributed by atoms with van der Waals surface area (Å²) in [6.07, 6.45) is 0. The van der Waals surface area contributed by atoms with E-state index in [2.05, 4.69) is 16.3 Å². The van der Waals surface area contributed by atoms with Crippen molar-refractivity contribution in [3.63, 3.8) is 0 Å². The highest BCUT2D eigenvalue weighted by molar-refractivity contribution is 6.39. The van der Waals surface area contributed by atoms with E-state index in [-0.39, 0.29) is 17.1 Å². The average Bonchev–Trinajstić information content (AvgIpc) is 2.73. The summed E-state index contributed by atoms with van der Waals surface area (Å²) in [5, 5.41) is 13.4. The van der Waals surface area contributed by atoms with Gasteiger partial charge in [0.1, 0.15) is 5.75 Å². The van der Waals surface area contributed by atoms with Crippen LogP contribution in [0.4, 0.5) is 17.1 Å². The highest BCUT2D eigenvalue weighted by Gasteiger charge is 2.27. The highest BCUT2D eigenvalue weighted by atomic mass is 16.6. The average molecular weight is 398 g/mol. The molecule has 152 valence electrons. The highest BCUT2D eigenvalue weighted by Crippen LogP contribution is 2.29. The number of nitrogens with zero attached hydrogens (tertiary/aromatic N) is 3. The third-order valence-electron chi connectivity index (χ3n) is 4.77. The number of nitrogens with one attached hydrogen (secondary N) is 1. The van der Waals surface area contributed by atoms with Crippen molar-refractivity contribution in [1.82, 2.24) is 4.90 Å². The molecule has 0 unspecified atom stereocenters. The summed E-state index contributed by atoms with van der Waals surface area (Å²) in [6, 6.07) is 11.9. The maximum atomic E-state index is 12.5. The molecule has 9 heteroatoms. The van der Waals surface area contributed by atoms with Crippen molar-refractivity contribution >= 4 is 28.9 Å². The van der Waals surface area contributed by atoms with E-state index in [1.807, 2.05) is 25.1 Å². The van der Waals surface area contributed by atoms with Gasteiger partial charge in [0.15, 0.2) is 0 Å². The van der Waals surface area contributed by atoms with Crippen LogP contribution in [0.25, 0.3) is 0 Å². The number of carbonyl (C=O) groups excluding carboxylic acids is 2. The largest absolute Gasteiger partial charge is 0.495 e. The van der Waals surface area contributed by atoms with Crippen LogP contribution in [0.2, 0.25) is 0 Å². The minimum atomic E-state index is -0.854. The van der Waals surface area contributed by atoms with Crippen molar-refractivity contribution in [3.05, 3.63) is 58.1 Å². The first-order valence-electron chi connectivity index (χ1n) is 9.13. The number of benzene rings is 2. The first-order valence-corrected chi connectivity index (χ1v) is 9.13. The summed E-state index contributed by atoms with van der Waals surface area (Å²) in [5.74, 6) is -1.30. The van der Waals surface area contributed by atoms with Gasteiger partial charge in [-0.25, -0.2) is 0 Å². The molecule has 3 rings (SSSR count). The molecule has 29 heavy (non-hydrogen) atoms. The quantitative estimate of drug-likeness (QED) is 0.481. The number of amides is 2. The molecule has 2 aromatic rings. The molecule has 0 saturated carbocycles. The minimum absolute atomic E-state index is 0.0819. The Hall–Kier alpha value is -3.62. The molecule has 0 atom stereocenters. The second kappa shape index (κ2) is 8.59. The maximum absolute atomic E-state index is 12.5. The predicted molar refractivity (Wildman–Crippen MR) is 108 cm³/mol. The Morgan fingerprint density at radius 2 is 1.83 bits per heavy atom. The minimum Gasteiger partial charge on any atom is -0.495 e. The van der Waals surface area contributed by atoms with Crippen molar-refractivity contribution in [2.45, 2.75) is 6.92 Å². The fourth-order valence-electron chi connectivity index (χ4n) is 3.22. The van der Waals surface area contributed by atoms with Crippen LogP contribution in [0.3, 0.4) is 0 Å². The van der Waals surface area contributed by atoms with Crippen LogP contribution in [0.15, 0.2) is 42.5 Å². The smallest absolute Gasteiger partial charge is 0.314 e. The number of carbonyl (C=O) groups is 2. The fourth-order valence-corrected chi connectivity index (χ4v) is 3.22. The van der Waals surface area contributed by atoms with E-state index >= 15 is 0 Å². The fraction of sp³-hybridized carbons (Fsp3) is 0.300. The number of hydrogen-bond donors (Lipinski definition) is 1. The van der Waals surface area contributed by atoms with Gasteiger partial charge in [0.25, 0.3) is 5.69 Å². The maximum Gasteiger partial charge on any atom is 0.314 e. The molecule has 0 bridgehead atoms. The number of methoxy groups -OCH3 is 1. The number of hydrogen-bond acceptors (Lipinski definition) is 6. The number of piperazine rings is 1. The molecule has 0 spiro atoms. The molecular formula is C20H22N4O5. The Balaban J connectivity index is 1.64. The van der Waals surface area contributed by atoms with E-state index in [1.54, 1.807) is 0 Å². The second-order valence-corrected chi connectivity index (χ2v) is 6.71. The van der Waals surface area contributed by atoms with Crippen molar-refractivity contribution in [1.29, 1.82) is 0 Å². The van der Waals surface area contributed by atoms with Gasteiger partial charge in [-0.2, -0.15) is 0 Å². The van der Waals surface area contributed by atoms with Gasteiger partial charge in [0, 0.05) is 44.0 Å². The van der Waals surface area contributed by atoms with E-state index in [0.717, 1.165) is 11.3 Å². The first kappa shape index (κ1) is 20.1. The van der Waals surface area contributed by atoms with Crippen molar-refractivity contribution in [2.75, 3.05) is 43.5 Å². The van der Waals surface area contributed by atoms with Crippen molar-refractivity contribution in [2.24, 2.45) is 0 Å². The summed E-state index contributed by atoms with van der Waals surface area (Å²) >= 11 is 0. The van der Waals surface area contributed by atoms with E-state index in [9.17, 15) is 19.7 Å². The summed E-state index contributed by atoms with van der Waals surface area (Å²) < 4.78 is 5.11. The SMILES string of the molecule is COc1ccc([N+](=O)[O-])cc1NC(=O)C(=O)N1CCN(c2cccc(C)c2)CC1. The van der Waals surface area contributed by atoms with Gasteiger partial charge in [-0.3, -0.25) is 19.7 Å². The lowest BCUT2D eigenvalue weighted by Crippen LogP contribution is -2.51. The monoisotopic (exact) mass is 398 g/mol. The standard InChI is InChI=1S/C20H22N4O5/c1-14-4-3-5-15(12-14)22-8-10-23(11-9-22)20(26)19(25)21-17-13-16(24(27)28)6-7-18(17)29-2/h3-7,12-13H,8-11H2,1-2H3,(H,21,25). The zero-order valence-electron chi connectivity index (χ0n) is 16.3. The van der Waals surface area contributed by atoms with Gasteiger partial charge in [-0.1, -0.05) is 12.1 Å². The summed E-state index contributed by atoms with van der Waals surface area (Å²) in [6.45, 7) is 4.07. The third kappa shape index (κ3) is 4.63. The third-order valence-corrected chi connectivity index (χ3v) is 4.77. The van der Waals surface area contributed by atoms with Crippen LogP contribution >= 0.6 is 0 Å². The lowest BCUT2D eigenvalue weighted by atomic mass is 10.2. The van der Waals surface area contributed by atoms with Crippen LogP contribution in [-0.4, -0.2) is 54.9 Å². The second-order valence-electron chi connectivity index (χ2n) is 6.71. The van der Waals surface area contributed by atoms with Crippen LogP contribution in [0, 0.1) is 17.0 Å². The molecule has 2 aromatic carbocycles. The zero-order valence-corrected chi connectivity index (χ0v) is 16.3. The van der Waals surface area contributed by atoms with Crippen LogP contribution in [0.5, 0.6) is 5.75 Å². The summed E-state index contributed by atoms with van der Waals surface area (Å²) in [5.41, 5.74) is 2.12. The Morgan fingerprint density at radius 1 is 1.10 bits per heavy atom. The molecular weight excluding hydrogens is 376 g/mol. The summed E-state index contributed by atoms with van der Waals surface area (Å²) in [4.78, 5) is 39.0. The molecule has 0 radical (unpaired) electrons. The van der Waals surface area contributed by atoms with Gasteiger partial charge in [0.2, 0.25) is 0 Å². The number of ether oxygens (including phenoxy) is 1. The van der Waals surface area contributed by atoms with Gasteiger partial charge in [0.05, 0.1) is 17.7 Å². The van der Waals surface area contributed by atoms with E-state index < -0.39 is 16.7 Å². The summed E-state index contributed by atoms with van der Waals surface area (Å²) in [7, 11) is 1.38. The Labute approximate surface area is 168 Å². The number of aryl methyl sites for hydroxylation is 1. The number of non-ortho nitro benzene ring substituents is 1. The van der Waals surface area contributed by atoms with E-state index in [4.69, 9.17) is 4.74 Å². The molecule has 9 nitrogen and oxygen atoms in total. The Morgan fingerprint density at radius 3 is 2.45 bits per heavy atom. The zero-order chi connectivity index (χ0) is 21.0. The van der Waals surface area contributed by atoms with Gasteiger partial charge in [-0.05, 0) is 30.7 Å². The van der Waals surface area contributed by atoms with Crippen LogP contribution in [-0.2, 0) is 9.59 Å². The molecule has 2 amide bonds. The van der Waals surface area contributed by atoms with Crippen LogP contribution in [0.1, 0.15) is 5.56 Å². The first-order chi connectivity index (χ1) is 13.9. The molecule has 1 fully saturated rings. The topological polar surface area (TPSA) is 105 Å². The predicted octanol–water partition coefficient (Wildman–Crippen LogP) is 2.20. The molecule has 0 aliphatic carbocycles. The molecule has 1 aliphatic heterocycles. The molecule has 0 aromatic heterocycles. The van der Waals surface area contributed by atoms with E-state index in [0.29, 0.717) is 26.2 Å².